The van der Waals surface area contributed by atoms with Gasteiger partial charge in [-0.3, -0.25) is 0 Å². The molecule has 0 atom stereocenters. The Bertz CT molecular complexity index is 1620. The fourth-order valence-corrected chi connectivity index (χ4v) is 4.80. The molecule has 0 spiro atoms. The molecule has 0 radical (unpaired) electrons. The highest BCUT2D eigenvalue weighted by Gasteiger charge is 2.30. The van der Waals surface area contributed by atoms with E-state index in [-0.39, 0.29) is 22.5 Å². The minimum atomic E-state index is -0.665. The third-order valence-corrected chi connectivity index (χ3v) is 7.15. The number of hydrogen-bond acceptors (Lipinski definition) is 7. The van der Waals surface area contributed by atoms with Crippen LogP contribution in [-0.4, -0.2) is 24.5 Å². The predicted octanol–water partition coefficient (Wildman–Crippen LogP) is 6.62. The van der Waals surface area contributed by atoms with E-state index in [1.54, 1.807) is 12.1 Å². The molecule has 4 aromatic rings. The van der Waals surface area contributed by atoms with Crippen molar-refractivity contribution in [3.8, 4) is 23.0 Å². The summed E-state index contributed by atoms with van der Waals surface area (Å²) < 4.78 is 21.7. The Kier molecular flexibility index (Phi) is 5.91. The highest BCUT2D eigenvalue weighted by Crippen LogP contribution is 2.35. The van der Waals surface area contributed by atoms with Gasteiger partial charge in [0.05, 0.1) is 23.3 Å². The van der Waals surface area contributed by atoms with Gasteiger partial charge < -0.3 is 18.9 Å². The van der Waals surface area contributed by atoms with Gasteiger partial charge in [-0.1, -0.05) is 44.2 Å². The first-order chi connectivity index (χ1) is 18.8. The normalized spacial score (nSPS) is 14.3. The van der Waals surface area contributed by atoms with Gasteiger partial charge in [-0.15, -0.1) is 0 Å². The summed E-state index contributed by atoms with van der Waals surface area (Å²) in [7, 11) is 0. The van der Waals surface area contributed by atoms with Gasteiger partial charge in [0.2, 0.25) is 0 Å². The number of ether oxygens (including phenoxy) is 4. The topological polar surface area (TPSA) is 88.1 Å². The second-order valence-corrected chi connectivity index (χ2v) is 9.97. The standard InChI is InChI=1S/C32H24O7/c1-32(2,20-4-9-22(10-5-20)37-24-8-3-19-15-16-36-29(33)27(19)17-24)21-6-11-23(12-7-21)38-25-13-14-26-28(18-25)31(35)39-30(26)34/h3-14,17-18H,15-16H2,1-2H3. The van der Waals surface area contributed by atoms with E-state index in [0.29, 0.717) is 41.6 Å². The fraction of sp³-hybridized carbons (Fsp3) is 0.156. The van der Waals surface area contributed by atoms with Crippen molar-refractivity contribution in [1.29, 1.82) is 0 Å². The number of fused-ring (bicyclic) bond motifs is 2. The van der Waals surface area contributed by atoms with Gasteiger partial charge in [-0.25, -0.2) is 14.4 Å². The van der Waals surface area contributed by atoms with Crippen molar-refractivity contribution in [3.63, 3.8) is 0 Å². The smallest absolute Gasteiger partial charge is 0.347 e. The van der Waals surface area contributed by atoms with Gasteiger partial charge in [0.1, 0.15) is 23.0 Å². The highest BCUT2D eigenvalue weighted by atomic mass is 16.6. The average molecular weight is 521 g/mol. The SMILES string of the molecule is CC(C)(c1ccc(Oc2ccc3c(c2)C(=O)OCC3)cc1)c1ccc(Oc2ccc3c(c2)C(=O)OC3=O)cc1. The van der Waals surface area contributed by atoms with Gasteiger partial charge in [-0.05, 0) is 71.3 Å². The maximum absolute atomic E-state index is 12.0. The Balaban J connectivity index is 1.15. The Morgan fingerprint density at radius 1 is 0.590 bits per heavy atom. The second kappa shape index (κ2) is 9.44. The Hall–Kier alpha value is -4.91. The van der Waals surface area contributed by atoms with E-state index >= 15 is 0 Å². The fourth-order valence-electron chi connectivity index (χ4n) is 4.80. The molecular weight excluding hydrogens is 496 g/mol. The molecule has 0 N–H and O–H groups in total. The van der Waals surface area contributed by atoms with Gasteiger partial charge in [0, 0.05) is 11.8 Å². The second-order valence-electron chi connectivity index (χ2n) is 9.97. The number of carbonyl (C=O) groups is 3. The maximum atomic E-state index is 12.0. The van der Waals surface area contributed by atoms with Crippen LogP contribution in [-0.2, 0) is 21.3 Å². The summed E-state index contributed by atoms with van der Waals surface area (Å²) in [5.41, 5.74) is 3.85. The molecule has 194 valence electrons. The molecular formula is C32H24O7. The summed E-state index contributed by atoms with van der Waals surface area (Å²) in [5, 5.41) is 0. The number of rotatable bonds is 6. The molecule has 6 rings (SSSR count). The first-order valence-electron chi connectivity index (χ1n) is 12.6. The molecule has 0 unspecified atom stereocenters. The van der Waals surface area contributed by atoms with E-state index in [1.165, 1.54) is 12.1 Å². The zero-order chi connectivity index (χ0) is 27.1. The first-order valence-corrected chi connectivity index (χ1v) is 12.6. The van der Waals surface area contributed by atoms with Crippen LogP contribution in [0.5, 0.6) is 23.0 Å². The molecule has 0 aliphatic carbocycles. The van der Waals surface area contributed by atoms with Gasteiger partial charge in [0.15, 0.2) is 0 Å². The highest BCUT2D eigenvalue weighted by molar-refractivity contribution is 6.14. The Morgan fingerprint density at radius 2 is 1.10 bits per heavy atom. The molecule has 2 aliphatic heterocycles. The summed E-state index contributed by atoms with van der Waals surface area (Å²) in [5.74, 6) is 0.677. The molecule has 39 heavy (non-hydrogen) atoms. The minimum Gasteiger partial charge on any atom is -0.462 e. The van der Waals surface area contributed by atoms with Crippen molar-refractivity contribution in [2.45, 2.75) is 25.7 Å². The lowest BCUT2D eigenvalue weighted by Crippen LogP contribution is -2.18. The lowest BCUT2D eigenvalue weighted by atomic mass is 9.78. The van der Waals surface area contributed by atoms with Crippen LogP contribution in [0.25, 0.3) is 0 Å². The summed E-state index contributed by atoms with van der Waals surface area (Å²) in [6.07, 6.45) is 0.713. The largest absolute Gasteiger partial charge is 0.462 e. The van der Waals surface area contributed by atoms with Crippen LogP contribution in [0.4, 0.5) is 0 Å². The molecule has 7 nitrogen and oxygen atoms in total. The Labute approximate surface area is 224 Å². The van der Waals surface area contributed by atoms with Crippen molar-refractivity contribution in [3.05, 3.63) is 118 Å². The van der Waals surface area contributed by atoms with E-state index in [0.717, 1.165) is 16.7 Å². The van der Waals surface area contributed by atoms with Crippen LogP contribution in [0.1, 0.15) is 61.6 Å². The van der Waals surface area contributed by atoms with E-state index in [4.69, 9.17) is 14.2 Å². The van der Waals surface area contributed by atoms with Gasteiger partial charge in [0.25, 0.3) is 0 Å². The minimum absolute atomic E-state index is 0.205. The monoisotopic (exact) mass is 520 g/mol. The number of hydrogen-bond donors (Lipinski definition) is 0. The van der Waals surface area contributed by atoms with Crippen LogP contribution in [0.3, 0.4) is 0 Å². The molecule has 7 heteroatoms. The number of cyclic esters (lactones) is 3. The first kappa shape index (κ1) is 24.4. The van der Waals surface area contributed by atoms with Crippen molar-refractivity contribution in [2.75, 3.05) is 6.61 Å². The molecule has 0 bridgehead atoms. The van der Waals surface area contributed by atoms with E-state index < -0.39 is 11.9 Å². The van der Waals surface area contributed by atoms with E-state index in [9.17, 15) is 14.4 Å². The van der Waals surface area contributed by atoms with Crippen molar-refractivity contribution >= 4 is 17.9 Å². The molecule has 2 aliphatic rings. The molecule has 0 saturated heterocycles. The van der Waals surface area contributed by atoms with Gasteiger partial charge in [-0.2, -0.15) is 0 Å². The zero-order valence-electron chi connectivity index (χ0n) is 21.4. The van der Waals surface area contributed by atoms with Crippen LogP contribution >= 0.6 is 0 Å². The molecule has 0 aromatic heterocycles. The number of esters is 3. The van der Waals surface area contributed by atoms with Crippen molar-refractivity contribution < 1.29 is 33.3 Å². The third-order valence-electron chi connectivity index (χ3n) is 7.15. The van der Waals surface area contributed by atoms with Crippen molar-refractivity contribution in [2.24, 2.45) is 0 Å². The Morgan fingerprint density at radius 3 is 1.72 bits per heavy atom. The lowest BCUT2D eigenvalue weighted by Gasteiger charge is -2.26. The van der Waals surface area contributed by atoms with E-state index in [1.807, 2.05) is 60.7 Å². The van der Waals surface area contributed by atoms with Gasteiger partial charge >= 0.3 is 17.9 Å². The zero-order valence-corrected chi connectivity index (χ0v) is 21.4. The molecule has 0 fully saturated rings. The maximum Gasteiger partial charge on any atom is 0.347 e. The number of benzene rings is 4. The third kappa shape index (κ3) is 4.63. The summed E-state index contributed by atoms with van der Waals surface area (Å²) in [6, 6.07) is 25.8. The van der Waals surface area contributed by atoms with E-state index in [2.05, 4.69) is 18.6 Å². The average Bonchev–Trinajstić information content (AvgIpc) is 3.22. The summed E-state index contributed by atoms with van der Waals surface area (Å²) in [4.78, 5) is 35.5. The summed E-state index contributed by atoms with van der Waals surface area (Å²) >= 11 is 0. The van der Waals surface area contributed by atoms with Crippen LogP contribution in [0, 0.1) is 0 Å². The quantitative estimate of drug-likeness (QED) is 0.208. The van der Waals surface area contributed by atoms with Crippen LogP contribution in [0.2, 0.25) is 0 Å². The predicted molar refractivity (Wildman–Crippen MR) is 142 cm³/mol. The summed E-state index contributed by atoms with van der Waals surface area (Å²) in [6.45, 7) is 4.68. The van der Waals surface area contributed by atoms with Crippen LogP contribution in [0.15, 0.2) is 84.9 Å². The van der Waals surface area contributed by atoms with Crippen LogP contribution < -0.4 is 9.47 Å². The molecule has 0 amide bonds. The number of carbonyl (C=O) groups excluding carboxylic acids is 3. The molecule has 0 saturated carbocycles. The van der Waals surface area contributed by atoms with Crippen molar-refractivity contribution in [1.82, 2.24) is 0 Å². The molecule has 4 aromatic carbocycles. The lowest BCUT2D eigenvalue weighted by molar-refractivity contribution is 0.0439. The molecule has 2 heterocycles.